The number of anilines is 2. The number of hydrogen-bond donors (Lipinski definition) is 1. The summed E-state index contributed by atoms with van der Waals surface area (Å²) in [6.45, 7) is -0.0740. The number of amides is 2. The molecule has 2 aromatic carbocycles. The van der Waals surface area contributed by atoms with E-state index in [1.54, 1.807) is 29.2 Å². The molecule has 0 atom stereocenters. The number of alkyl halides is 3. The van der Waals surface area contributed by atoms with Crippen molar-refractivity contribution in [2.75, 3.05) is 25.2 Å². The topological polar surface area (TPSA) is 52.7 Å². The van der Waals surface area contributed by atoms with E-state index >= 15 is 0 Å². The molecule has 0 unspecified atom stereocenters. The zero-order valence-corrected chi connectivity index (χ0v) is 13.9. The van der Waals surface area contributed by atoms with E-state index in [1.807, 2.05) is 0 Å². The molecule has 2 aromatic rings. The summed E-state index contributed by atoms with van der Waals surface area (Å²) in [5.41, 5.74) is 0.734. The van der Waals surface area contributed by atoms with Crippen LogP contribution in [0.25, 0.3) is 0 Å². The molecule has 0 fully saturated rings. The molecule has 0 saturated carbocycles. The molecular weight excluding hydrogens is 347 g/mol. The highest BCUT2D eigenvalue weighted by molar-refractivity contribution is 6.04. The van der Waals surface area contributed by atoms with Gasteiger partial charge in [0.05, 0.1) is 23.5 Å². The largest absolute Gasteiger partial charge is 0.416 e. The number of rotatable bonds is 3. The Kier molecular flexibility index (Phi) is 4.58. The Morgan fingerprint density at radius 2 is 1.77 bits per heavy atom. The predicted octanol–water partition coefficient (Wildman–Crippen LogP) is 3.00. The lowest BCUT2D eigenvalue weighted by Gasteiger charge is -2.37. The minimum absolute atomic E-state index is 0.0641. The summed E-state index contributed by atoms with van der Waals surface area (Å²) in [6.07, 6.45) is -4.42. The van der Waals surface area contributed by atoms with Gasteiger partial charge in [0, 0.05) is 12.7 Å². The second-order valence-corrected chi connectivity index (χ2v) is 5.81. The van der Waals surface area contributed by atoms with Gasteiger partial charge in [-0.3, -0.25) is 9.59 Å². The zero-order chi connectivity index (χ0) is 18.9. The van der Waals surface area contributed by atoms with Gasteiger partial charge in [-0.15, -0.1) is 0 Å². The summed E-state index contributed by atoms with van der Waals surface area (Å²) in [7, 11) is 1.47. The Labute approximate surface area is 148 Å². The number of nitrogens with one attached hydrogen (secondary N) is 1. The number of carbonyl (C=O) groups excluding carboxylic acids is 2. The molecule has 1 aliphatic heterocycles. The van der Waals surface area contributed by atoms with E-state index in [0.717, 1.165) is 12.1 Å². The first kappa shape index (κ1) is 17.8. The maximum atomic E-state index is 12.8. The van der Waals surface area contributed by atoms with Gasteiger partial charge in [0.2, 0.25) is 5.91 Å². The molecule has 0 aromatic heterocycles. The van der Waals surface area contributed by atoms with Gasteiger partial charge in [-0.25, -0.2) is 0 Å². The lowest BCUT2D eigenvalue weighted by Crippen LogP contribution is -2.48. The average molecular weight is 363 g/mol. The maximum Gasteiger partial charge on any atom is 0.416 e. The number of carbonyl (C=O) groups is 2. The average Bonchev–Trinajstić information content (AvgIpc) is 2.63. The standard InChI is InChI=1S/C18H16F3N3O2/c1-22-16(25)10-23-11-24(15-5-3-2-4-14(15)17(23)26)13-8-6-12(7-9-13)18(19,20)21/h2-9H,10-11H2,1H3,(H,22,25). The molecule has 136 valence electrons. The lowest BCUT2D eigenvalue weighted by atomic mass is 10.1. The molecule has 0 radical (unpaired) electrons. The fourth-order valence-electron chi connectivity index (χ4n) is 2.80. The summed E-state index contributed by atoms with van der Waals surface area (Å²) in [5.74, 6) is -0.627. The van der Waals surface area contributed by atoms with Crippen molar-refractivity contribution >= 4 is 23.2 Å². The van der Waals surface area contributed by atoms with Crippen LogP contribution in [0, 0.1) is 0 Å². The fourth-order valence-corrected chi connectivity index (χ4v) is 2.80. The third-order valence-corrected chi connectivity index (χ3v) is 4.14. The summed E-state index contributed by atoms with van der Waals surface area (Å²) < 4.78 is 38.4. The van der Waals surface area contributed by atoms with Crippen molar-refractivity contribution in [3.63, 3.8) is 0 Å². The number of hydrogen-bond acceptors (Lipinski definition) is 3. The van der Waals surface area contributed by atoms with Crippen LogP contribution >= 0.6 is 0 Å². The van der Waals surface area contributed by atoms with E-state index in [-0.39, 0.29) is 25.0 Å². The highest BCUT2D eigenvalue weighted by Crippen LogP contribution is 2.35. The Morgan fingerprint density at radius 1 is 1.12 bits per heavy atom. The number of nitrogens with zero attached hydrogens (tertiary/aromatic N) is 2. The van der Waals surface area contributed by atoms with Gasteiger partial charge in [0.25, 0.3) is 5.91 Å². The predicted molar refractivity (Wildman–Crippen MR) is 90.0 cm³/mol. The summed E-state index contributed by atoms with van der Waals surface area (Å²) in [5, 5.41) is 2.46. The molecule has 1 aliphatic rings. The maximum absolute atomic E-state index is 12.8. The molecular formula is C18H16F3N3O2. The molecule has 2 amide bonds. The number of halogens is 3. The molecule has 1 heterocycles. The SMILES string of the molecule is CNC(=O)CN1CN(c2ccc(C(F)(F)F)cc2)c2ccccc2C1=O. The minimum atomic E-state index is -4.42. The zero-order valence-electron chi connectivity index (χ0n) is 13.9. The molecule has 0 bridgehead atoms. The second kappa shape index (κ2) is 6.70. The first-order chi connectivity index (χ1) is 12.3. The van der Waals surface area contributed by atoms with Crippen molar-refractivity contribution in [1.82, 2.24) is 10.2 Å². The quantitative estimate of drug-likeness (QED) is 0.912. The van der Waals surface area contributed by atoms with Crippen molar-refractivity contribution in [3.05, 3.63) is 59.7 Å². The van der Waals surface area contributed by atoms with Crippen LogP contribution in [-0.4, -0.2) is 37.0 Å². The third kappa shape index (κ3) is 3.35. The number of fused-ring (bicyclic) bond motifs is 1. The number of para-hydroxylation sites is 1. The Balaban J connectivity index is 1.98. The van der Waals surface area contributed by atoms with Crippen molar-refractivity contribution in [3.8, 4) is 0 Å². The Morgan fingerprint density at radius 3 is 2.38 bits per heavy atom. The summed E-state index contributed by atoms with van der Waals surface area (Å²) in [4.78, 5) is 27.3. The first-order valence-electron chi connectivity index (χ1n) is 7.85. The highest BCUT2D eigenvalue weighted by Gasteiger charge is 2.33. The van der Waals surface area contributed by atoms with Crippen LogP contribution in [0.3, 0.4) is 0 Å². The number of benzene rings is 2. The smallest absolute Gasteiger partial charge is 0.358 e. The molecule has 3 rings (SSSR count). The van der Waals surface area contributed by atoms with Crippen molar-refractivity contribution < 1.29 is 22.8 Å². The molecule has 0 spiro atoms. The molecule has 1 N–H and O–H groups in total. The van der Waals surface area contributed by atoms with E-state index in [1.165, 1.54) is 24.1 Å². The van der Waals surface area contributed by atoms with E-state index in [4.69, 9.17) is 0 Å². The van der Waals surface area contributed by atoms with Crippen LogP contribution in [0.15, 0.2) is 48.5 Å². The monoisotopic (exact) mass is 363 g/mol. The van der Waals surface area contributed by atoms with Crippen LogP contribution < -0.4 is 10.2 Å². The summed E-state index contributed by atoms with van der Waals surface area (Å²) in [6, 6.07) is 11.5. The molecule has 26 heavy (non-hydrogen) atoms. The van der Waals surface area contributed by atoms with Gasteiger partial charge >= 0.3 is 6.18 Å². The molecule has 0 aliphatic carbocycles. The van der Waals surface area contributed by atoms with Crippen molar-refractivity contribution in [2.24, 2.45) is 0 Å². The van der Waals surface area contributed by atoms with Gasteiger partial charge in [-0.2, -0.15) is 13.2 Å². The second-order valence-electron chi connectivity index (χ2n) is 5.81. The highest BCUT2D eigenvalue weighted by atomic mass is 19.4. The van der Waals surface area contributed by atoms with Crippen LogP contribution in [-0.2, 0) is 11.0 Å². The molecule has 5 nitrogen and oxygen atoms in total. The molecule has 0 saturated heterocycles. The number of likely N-dealkylation sites (N-methyl/N-ethyl adjacent to an activating group) is 1. The van der Waals surface area contributed by atoms with E-state index in [2.05, 4.69) is 5.32 Å². The van der Waals surface area contributed by atoms with Gasteiger partial charge in [-0.05, 0) is 36.4 Å². The fraction of sp³-hybridized carbons (Fsp3) is 0.222. The van der Waals surface area contributed by atoms with Crippen LogP contribution in [0.1, 0.15) is 15.9 Å². The van der Waals surface area contributed by atoms with Crippen LogP contribution in [0.4, 0.5) is 24.5 Å². The van der Waals surface area contributed by atoms with E-state index in [9.17, 15) is 22.8 Å². The van der Waals surface area contributed by atoms with E-state index < -0.39 is 11.7 Å². The minimum Gasteiger partial charge on any atom is -0.358 e. The van der Waals surface area contributed by atoms with Gasteiger partial charge in [-0.1, -0.05) is 12.1 Å². The van der Waals surface area contributed by atoms with Gasteiger partial charge in [0.15, 0.2) is 0 Å². The van der Waals surface area contributed by atoms with E-state index in [0.29, 0.717) is 16.9 Å². The van der Waals surface area contributed by atoms with Crippen molar-refractivity contribution in [2.45, 2.75) is 6.18 Å². The summed E-state index contributed by atoms with van der Waals surface area (Å²) >= 11 is 0. The first-order valence-corrected chi connectivity index (χ1v) is 7.85. The molecule has 8 heteroatoms. The third-order valence-electron chi connectivity index (χ3n) is 4.14. The van der Waals surface area contributed by atoms with Crippen molar-refractivity contribution in [1.29, 1.82) is 0 Å². The Hall–Kier alpha value is -3.03. The van der Waals surface area contributed by atoms with Crippen LogP contribution in [0.2, 0.25) is 0 Å². The normalized spacial score (nSPS) is 14.2. The Bertz CT molecular complexity index is 834. The van der Waals surface area contributed by atoms with Gasteiger partial charge in [0.1, 0.15) is 6.54 Å². The van der Waals surface area contributed by atoms with Crippen LogP contribution in [0.5, 0.6) is 0 Å². The lowest BCUT2D eigenvalue weighted by molar-refractivity contribution is -0.137. The van der Waals surface area contributed by atoms with Gasteiger partial charge < -0.3 is 15.1 Å².